The molecule has 0 aliphatic rings. The van der Waals surface area contributed by atoms with E-state index in [0.29, 0.717) is 13.2 Å². The third-order valence-electron chi connectivity index (χ3n) is 1.46. The quantitative estimate of drug-likeness (QED) is 0.628. The molecule has 0 fully saturated rings. The summed E-state index contributed by atoms with van der Waals surface area (Å²) in [5.41, 5.74) is 0. The average molecular weight is 241 g/mol. The first-order valence-corrected chi connectivity index (χ1v) is 6.78. The Hall–Kier alpha value is 0.180. The van der Waals surface area contributed by atoms with Crippen LogP contribution >= 0.6 is 19.2 Å². The molecule has 0 saturated carbocycles. The normalized spacial score (nSPS) is 13.3. The third kappa shape index (κ3) is 4.61. The monoisotopic (exact) mass is 240 g/mol. The van der Waals surface area contributed by atoms with Gasteiger partial charge in [0.2, 0.25) is 0 Å². The Morgan fingerprint density at radius 3 is 2.14 bits per heavy atom. The van der Waals surface area contributed by atoms with Gasteiger partial charge in [-0.3, -0.25) is 4.57 Å². The van der Waals surface area contributed by atoms with Crippen molar-refractivity contribution in [2.45, 2.75) is 33.6 Å². The minimum atomic E-state index is -3.21. The van der Waals surface area contributed by atoms with Crippen molar-refractivity contribution >= 4 is 19.2 Å². The summed E-state index contributed by atoms with van der Waals surface area (Å²) in [6.45, 7) is 6.19. The molecule has 84 valence electrons. The van der Waals surface area contributed by atoms with Crippen molar-refractivity contribution in [3.8, 4) is 0 Å². The Balaban J connectivity index is 4.54. The van der Waals surface area contributed by atoms with Gasteiger partial charge in [0.25, 0.3) is 0 Å². The summed E-state index contributed by atoms with van der Waals surface area (Å²) in [7, 11) is -3.21. The second kappa shape index (κ2) is 7.47. The lowest BCUT2D eigenvalue weighted by molar-refractivity contribution is 0.228. The molecule has 0 unspecified atom stereocenters. The van der Waals surface area contributed by atoms with Crippen LogP contribution in [0.2, 0.25) is 0 Å². The zero-order valence-corrected chi connectivity index (χ0v) is 10.6. The molecule has 0 radical (unpaired) electrons. The van der Waals surface area contributed by atoms with Crippen LogP contribution in [-0.4, -0.2) is 13.2 Å². The van der Waals surface area contributed by atoms with Crippen LogP contribution in [0, 0.1) is 0 Å². The molecule has 14 heavy (non-hydrogen) atoms. The number of allylic oxidation sites excluding steroid dienone is 1. The lowest BCUT2D eigenvalue weighted by Crippen LogP contribution is -1.95. The molecule has 3 nitrogen and oxygen atoms in total. The van der Waals surface area contributed by atoms with Crippen molar-refractivity contribution in [3.05, 3.63) is 10.8 Å². The molecule has 0 spiro atoms. The summed E-state index contributed by atoms with van der Waals surface area (Å²) in [5.74, 6) is 0. The van der Waals surface area contributed by atoms with Gasteiger partial charge in [-0.15, -0.1) is 0 Å². The van der Waals surface area contributed by atoms with Crippen LogP contribution in [0.3, 0.4) is 0 Å². The van der Waals surface area contributed by atoms with Crippen molar-refractivity contribution in [2.75, 3.05) is 13.2 Å². The lowest BCUT2D eigenvalue weighted by atomic mass is 10.3. The van der Waals surface area contributed by atoms with Crippen LogP contribution in [-0.2, 0) is 13.6 Å². The van der Waals surface area contributed by atoms with Crippen molar-refractivity contribution in [2.24, 2.45) is 0 Å². The molecule has 0 aromatic carbocycles. The van der Waals surface area contributed by atoms with Crippen LogP contribution in [0.5, 0.6) is 0 Å². The van der Waals surface area contributed by atoms with Gasteiger partial charge >= 0.3 is 7.60 Å². The summed E-state index contributed by atoms with van der Waals surface area (Å²) in [4.78, 5) is 0. The maximum atomic E-state index is 12.0. The first-order valence-electron chi connectivity index (χ1n) is 4.86. The van der Waals surface area contributed by atoms with E-state index in [1.165, 1.54) is 0 Å². The Labute approximate surface area is 91.0 Å². The highest BCUT2D eigenvalue weighted by molar-refractivity contribution is 7.61. The largest absolute Gasteiger partial charge is 0.372 e. The first-order chi connectivity index (χ1) is 6.60. The van der Waals surface area contributed by atoms with Gasteiger partial charge in [0, 0.05) is 0 Å². The second-order valence-corrected chi connectivity index (χ2v) is 5.31. The number of halogens is 1. The van der Waals surface area contributed by atoms with Crippen molar-refractivity contribution < 1.29 is 13.6 Å². The van der Waals surface area contributed by atoms with E-state index in [0.717, 1.165) is 12.8 Å². The SMILES string of the molecule is CCC/C=C(\Cl)P(=O)(OCC)OCC. The van der Waals surface area contributed by atoms with Gasteiger partial charge in [0.15, 0.2) is 0 Å². The Bertz CT molecular complexity index is 218. The minimum absolute atomic E-state index is 0.197. The van der Waals surface area contributed by atoms with Gasteiger partial charge in [-0.25, -0.2) is 0 Å². The summed E-state index contributed by atoms with van der Waals surface area (Å²) in [6.07, 6.45) is 3.44. The van der Waals surface area contributed by atoms with Gasteiger partial charge in [-0.2, -0.15) is 0 Å². The smallest absolute Gasteiger partial charge is 0.305 e. The van der Waals surface area contributed by atoms with E-state index in [1.807, 2.05) is 6.92 Å². The second-order valence-electron chi connectivity index (χ2n) is 2.65. The fourth-order valence-corrected chi connectivity index (χ4v) is 2.63. The van der Waals surface area contributed by atoms with Crippen LogP contribution in [0.1, 0.15) is 33.6 Å². The molecule has 5 heteroatoms. The number of rotatable bonds is 7. The minimum Gasteiger partial charge on any atom is -0.305 e. The van der Waals surface area contributed by atoms with Crippen molar-refractivity contribution in [1.29, 1.82) is 0 Å². The van der Waals surface area contributed by atoms with Gasteiger partial charge < -0.3 is 9.05 Å². The van der Waals surface area contributed by atoms with E-state index in [1.54, 1.807) is 19.9 Å². The highest BCUT2D eigenvalue weighted by Gasteiger charge is 2.27. The van der Waals surface area contributed by atoms with Crippen LogP contribution in [0.15, 0.2) is 10.8 Å². The molecule has 0 aliphatic carbocycles. The van der Waals surface area contributed by atoms with E-state index in [9.17, 15) is 4.57 Å². The van der Waals surface area contributed by atoms with Gasteiger partial charge in [-0.05, 0) is 20.3 Å². The molecule has 0 aliphatic heterocycles. The zero-order valence-electron chi connectivity index (χ0n) is 8.96. The fourth-order valence-electron chi connectivity index (χ4n) is 0.876. The maximum Gasteiger partial charge on any atom is 0.372 e. The Morgan fingerprint density at radius 2 is 1.79 bits per heavy atom. The fraction of sp³-hybridized carbons (Fsp3) is 0.778. The predicted octanol–water partition coefficient (Wildman–Crippen LogP) is 4.13. The van der Waals surface area contributed by atoms with Gasteiger partial charge in [0.05, 0.1) is 13.2 Å². The molecule has 0 amide bonds. The molecule has 0 N–H and O–H groups in total. The Morgan fingerprint density at radius 1 is 1.29 bits per heavy atom. The van der Waals surface area contributed by atoms with E-state index < -0.39 is 7.60 Å². The molecule has 0 aromatic rings. The maximum absolute atomic E-state index is 12.0. The van der Waals surface area contributed by atoms with Crippen LogP contribution in [0.25, 0.3) is 0 Å². The summed E-state index contributed by atoms with van der Waals surface area (Å²) in [6, 6.07) is 0. The predicted molar refractivity (Wildman–Crippen MR) is 59.7 cm³/mol. The van der Waals surface area contributed by atoms with E-state index in [2.05, 4.69) is 0 Å². The van der Waals surface area contributed by atoms with Crippen LogP contribution in [0.4, 0.5) is 0 Å². The standard InChI is InChI=1S/C9H18ClO3P/c1-4-7-8-9(10)14(11,12-5-2)13-6-3/h8H,4-7H2,1-3H3/b9-8+. The summed E-state index contributed by atoms with van der Waals surface area (Å²) >= 11 is 5.87. The lowest BCUT2D eigenvalue weighted by Gasteiger charge is -2.15. The number of unbranched alkanes of at least 4 members (excludes halogenated alkanes) is 1. The summed E-state index contributed by atoms with van der Waals surface area (Å²) in [5, 5.41) is 0. The van der Waals surface area contributed by atoms with E-state index >= 15 is 0 Å². The third-order valence-corrected chi connectivity index (χ3v) is 4.14. The number of hydrogen-bond acceptors (Lipinski definition) is 3. The molecule has 0 atom stereocenters. The average Bonchev–Trinajstić information content (AvgIpc) is 2.15. The first kappa shape index (κ1) is 14.2. The molecule has 0 heterocycles. The van der Waals surface area contributed by atoms with Gasteiger partial charge in [0.1, 0.15) is 4.77 Å². The Kier molecular flexibility index (Phi) is 7.56. The topological polar surface area (TPSA) is 35.5 Å². The van der Waals surface area contributed by atoms with Crippen LogP contribution < -0.4 is 0 Å². The highest BCUT2D eigenvalue weighted by Crippen LogP contribution is 2.57. The van der Waals surface area contributed by atoms with Crippen molar-refractivity contribution in [1.82, 2.24) is 0 Å². The molecular formula is C9H18ClO3P. The van der Waals surface area contributed by atoms with E-state index in [4.69, 9.17) is 20.6 Å². The molecular weight excluding hydrogens is 223 g/mol. The van der Waals surface area contributed by atoms with Gasteiger partial charge in [-0.1, -0.05) is 31.0 Å². The highest BCUT2D eigenvalue weighted by atomic mass is 35.5. The molecule has 0 rings (SSSR count). The molecule has 0 bridgehead atoms. The molecule has 0 saturated heterocycles. The van der Waals surface area contributed by atoms with E-state index in [-0.39, 0.29) is 4.77 Å². The van der Waals surface area contributed by atoms with Crippen molar-refractivity contribution in [3.63, 3.8) is 0 Å². The zero-order chi connectivity index (χ0) is 11.0. The number of hydrogen-bond donors (Lipinski definition) is 0. The molecule has 0 aromatic heterocycles. The summed E-state index contributed by atoms with van der Waals surface area (Å²) < 4.78 is 22.3.